The van der Waals surface area contributed by atoms with Crippen LogP contribution in [0, 0.1) is 5.82 Å². The Hall–Kier alpha value is -3.02. The van der Waals surface area contributed by atoms with E-state index in [4.69, 9.17) is 0 Å². The molecule has 0 saturated heterocycles. The molecule has 4 rings (SSSR count). The number of carbonyl (C=O) groups excluding carboxylic acids is 1. The lowest BCUT2D eigenvalue weighted by Crippen LogP contribution is -2.38. The first kappa shape index (κ1) is 14.6. The fourth-order valence-corrected chi connectivity index (χ4v) is 2.94. The monoisotopic (exact) mass is 322 g/mol. The summed E-state index contributed by atoms with van der Waals surface area (Å²) in [7, 11) is 0. The molecule has 3 aromatic rings. The van der Waals surface area contributed by atoms with Gasteiger partial charge in [0.15, 0.2) is 11.6 Å². The quantitative estimate of drug-likeness (QED) is 0.729. The number of hydrogen-bond acceptors (Lipinski definition) is 3. The van der Waals surface area contributed by atoms with Crippen LogP contribution in [0.5, 0.6) is 0 Å². The fourth-order valence-electron chi connectivity index (χ4n) is 2.94. The van der Waals surface area contributed by atoms with Gasteiger partial charge >= 0.3 is 0 Å². The van der Waals surface area contributed by atoms with Crippen molar-refractivity contribution < 1.29 is 9.18 Å². The number of rotatable bonds is 2. The minimum absolute atomic E-state index is 0.0914. The second kappa shape index (κ2) is 5.88. The van der Waals surface area contributed by atoms with Crippen molar-refractivity contribution in [3.63, 3.8) is 0 Å². The standard InChI is InChI=1S/C18H15FN4O/c19-15-9-5-4-8-14(15)18(24)22-10-11-23-16(12-22)20-21-17(23)13-6-2-1-3-7-13/h1-9H,10-12H2. The van der Waals surface area contributed by atoms with E-state index in [0.717, 1.165) is 11.4 Å². The Morgan fingerprint density at radius 1 is 0.958 bits per heavy atom. The van der Waals surface area contributed by atoms with Crippen LogP contribution in [0.25, 0.3) is 11.4 Å². The Morgan fingerprint density at radius 3 is 2.50 bits per heavy atom. The van der Waals surface area contributed by atoms with Crippen molar-refractivity contribution in [2.45, 2.75) is 13.1 Å². The van der Waals surface area contributed by atoms with E-state index in [2.05, 4.69) is 10.2 Å². The van der Waals surface area contributed by atoms with E-state index in [9.17, 15) is 9.18 Å². The summed E-state index contributed by atoms with van der Waals surface area (Å²) < 4.78 is 15.9. The van der Waals surface area contributed by atoms with E-state index >= 15 is 0 Å². The molecule has 1 aliphatic rings. The molecule has 0 spiro atoms. The van der Waals surface area contributed by atoms with Gasteiger partial charge in [0, 0.05) is 18.7 Å². The number of nitrogens with zero attached hydrogens (tertiary/aromatic N) is 4. The van der Waals surface area contributed by atoms with Gasteiger partial charge in [0.05, 0.1) is 12.1 Å². The lowest BCUT2D eigenvalue weighted by Gasteiger charge is -2.28. The van der Waals surface area contributed by atoms with Gasteiger partial charge in [-0.2, -0.15) is 0 Å². The number of benzene rings is 2. The molecule has 6 heteroatoms. The average Bonchev–Trinajstić information content (AvgIpc) is 3.05. The zero-order chi connectivity index (χ0) is 16.5. The summed E-state index contributed by atoms with van der Waals surface area (Å²) in [6.45, 7) is 1.41. The molecule has 0 bridgehead atoms. The van der Waals surface area contributed by atoms with Crippen LogP contribution in [0.15, 0.2) is 54.6 Å². The zero-order valence-corrected chi connectivity index (χ0v) is 12.9. The second-order valence-electron chi connectivity index (χ2n) is 5.66. The fraction of sp³-hybridized carbons (Fsp3) is 0.167. The minimum atomic E-state index is -0.500. The van der Waals surface area contributed by atoms with Crippen molar-refractivity contribution in [2.24, 2.45) is 0 Å². The lowest BCUT2D eigenvalue weighted by atomic mass is 10.1. The summed E-state index contributed by atoms with van der Waals surface area (Å²) in [6.07, 6.45) is 0. The number of fused-ring (bicyclic) bond motifs is 1. The molecule has 1 aliphatic heterocycles. The van der Waals surface area contributed by atoms with Gasteiger partial charge in [-0.05, 0) is 12.1 Å². The highest BCUT2D eigenvalue weighted by molar-refractivity contribution is 5.94. The number of halogens is 1. The molecule has 1 aromatic heterocycles. The van der Waals surface area contributed by atoms with Crippen LogP contribution in [0.4, 0.5) is 4.39 Å². The van der Waals surface area contributed by atoms with Gasteiger partial charge < -0.3 is 9.47 Å². The number of aromatic nitrogens is 3. The molecule has 0 N–H and O–H groups in total. The highest BCUT2D eigenvalue weighted by Crippen LogP contribution is 2.22. The zero-order valence-electron chi connectivity index (χ0n) is 12.9. The predicted octanol–water partition coefficient (Wildman–Crippen LogP) is 2.74. The van der Waals surface area contributed by atoms with E-state index in [-0.39, 0.29) is 11.5 Å². The summed E-state index contributed by atoms with van der Waals surface area (Å²) in [5.41, 5.74) is 1.08. The Morgan fingerprint density at radius 2 is 1.71 bits per heavy atom. The topological polar surface area (TPSA) is 51.0 Å². The number of amides is 1. The van der Waals surface area contributed by atoms with Crippen LogP contribution >= 0.6 is 0 Å². The van der Waals surface area contributed by atoms with Crippen LogP contribution in [-0.4, -0.2) is 32.1 Å². The molecular weight excluding hydrogens is 307 g/mol. The lowest BCUT2D eigenvalue weighted by molar-refractivity contribution is 0.0703. The summed E-state index contributed by atoms with van der Waals surface area (Å²) in [5, 5.41) is 8.46. The molecule has 0 atom stereocenters. The molecule has 2 aromatic carbocycles. The van der Waals surface area contributed by atoms with E-state index in [1.807, 2.05) is 34.9 Å². The molecule has 24 heavy (non-hydrogen) atoms. The normalized spacial score (nSPS) is 13.6. The SMILES string of the molecule is O=C(c1ccccc1F)N1CCn2c(nnc2-c2ccccc2)C1. The molecule has 0 aliphatic carbocycles. The van der Waals surface area contributed by atoms with Gasteiger partial charge in [0.2, 0.25) is 0 Å². The second-order valence-corrected chi connectivity index (χ2v) is 5.66. The summed E-state index contributed by atoms with van der Waals surface area (Å²) >= 11 is 0. The maximum Gasteiger partial charge on any atom is 0.257 e. The predicted molar refractivity (Wildman–Crippen MR) is 86.6 cm³/mol. The van der Waals surface area contributed by atoms with Crippen LogP contribution in [0.1, 0.15) is 16.2 Å². The van der Waals surface area contributed by atoms with Gasteiger partial charge in [0.25, 0.3) is 5.91 Å². The largest absolute Gasteiger partial charge is 0.329 e. The van der Waals surface area contributed by atoms with Crippen LogP contribution < -0.4 is 0 Å². The molecule has 120 valence electrons. The minimum Gasteiger partial charge on any atom is -0.329 e. The van der Waals surface area contributed by atoms with Crippen molar-refractivity contribution in [1.82, 2.24) is 19.7 Å². The first-order valence-electron chi connectivity index (χ1n) is 7.75. The van der Waals surface area contributed by atoms with E-state index in [0.29, 0.717) is 25.5 Å². The molecule has 5 nitrogen and oxygen atoms in total. The highest BCUT2D eigenvalue weighted by atomic mass is 19.1. The van der Waals surface area contributed by atoms with Crippen LogP contribution in [0.2, 0.25) is 0 Å². The Bertz CT molecular complexity index is 891. The van der Waals surface area contributed by atoms with Gasteiger partial charge in [0.1, 0.15) is 5.82 Å². The van der Waals surface area contributed by atoms with Gasteiger partial charge in [-0.25, -0.2) is 4.39 Å². The molecule has 0 saturated carbocycles. The number of carbonyl (C=O) groups is 1. The highest BCUT2D eigenvalue weighted by Gasteiger charge is 2.26. The molecule has 0 unspecified atom stereocenters. The van der Waals surface area contributed by atoms with Crippen LogP contribution in [-0.2, 0) is 13.1 Å². The van der Waals surface area contributed by atoms with Crippen molar-refractivity contribution in [3.05, 3.63) is 71.8 Å². The van der Waals surface area contributed by atoms with Gasteiger partial charge in [-0.3, -0.25) is 4.79 Å². The van der Waals surface area contributed by atoms with Crippen molar-refractivity contribution in [1.29, 1.82) is 0 Å². The maximum atomic E-state index is 13.8. The third kappa shape index (κ3) is 2.46. The third-order valence-corrected chi connectivity index (χ3v) is 4.18. The molecule has 0 fully saturated rings. The Balaban J connectivity index is 1.61. The van der Waals surface area contributed by atoms with E-state index in [1.165, 1.54) is 12.1 Å². The Kier molecular flexibility index (Phi) is 3.57. The summed E-state index contributed by atoms with van der Waals surface area (Å²) in [4.78, 5) is 14.1. The van der Waals surface area contributed by atoms with E-state index in [1.54, 1.807) is 17.0 Å². The number of hydrogen-bond donors (Lipinski definition) is 0. The summed E-state index contributed by atoms with van der Waals surface area (Å²) in [6, 6.07) is 15.9. The van der Waals surface area contributed by atoms with Gasteiger partial charge in [-0.15, -0.1) is 10.2 Å². The van der Waals surface area contributed by atoms with Crippen molar-refractivity contribution in [2.75, 3.05) is 6.54 Å². The average molecular weight is 322 g/mol. The van der Waals surface area contributed by atoms with Crippen molar-refractivity contribution in [3.8, 4) is 11.4 Å². The van der Waals surface area contributed by atoms with Gasteiger partial charge in [-0.1, -0.05) is 42.5 Å². The first-order valence-corrected chi connectivity index (χ1v) is 7.75. The Labute approximate surface area is 138 Å². The first-order chi connectivity index (χ1) is 11.7. The smallest absolute Gasteiger partial charge is 0.257 e. The molecule has 0 radical (unpaired) electrons. The summed E-state index contributed by atoms with van der Waals surface area (Å²) in [5.74, 6) is 0.691. The van der Waals surface area contributed by atoms with Crippen molar-refractivity contribution >= 4 is 5.91 Å². The maximum absolute atomic E-state index is 13.8. The molecule has 2 heterocycles. The molecule has 1 amide bonds. The van der Waals surface area contributed by atoms with Crippen LogP contribution in [0.3, 0.4) is 0 Å². The van der Waals surface area contributed by atoms with E-state index < -0.39 is 5.82 Å². The third-order valence-electron chi connectivity index (χ3n) is 4.18. The molecular formula is C18H15FN4O.